The number of H-pyrrole nitrogens is 1. The van der Waals surface area contributed by atoms with Crippen LogP contribution in [0.4, 0.5) is 5.82 Å². The summed E-state index contributed by atoms with van der Waals surface area (Å²) in [5.41, 5.74) is 4.48. The van der Waals surface area contributed by atoms with Crippen LogP contribution in [0.1, 0.15) is 18.2 Å². The smallest absolute Gasteiger partial charge is 0.346 e. The second kappa shape index (κ2) is 4.68. The summed E-state index contributed by atoms with van der Waals surface area (Å²) in [5.74, 6) is -1.36. The number of amides is 1. The number of primary amides is 1. The van der Waals surface area contributed by atoms with Gasteiger partial charge in [0.1, 0.15) is 6.10 Å². The van der Waals surface area contributed by atoms with E-state index in [9.17, 15) is 25.1 Å². The van der Waals surface area contributed by atoms with Gasteiger partial charge < -0.3 is 26.1 Å². The van der Waals surface area contributed by atoms with E-state index in [1.807, 2.05) is 0 Å². The van der Waals surface area contributed by atoms with Crippen molar-refractivity contribution in [2.24, 2.45) is 5.73 Å². The molecule has 0 aliphatic heterocycles. The zero-order valence-corrected chi connectivity index (χ0v) is 8.03. The molecule has 0 aliphatic carbocycles. The number of nitrogens with two attached hydrogens (primary N) is 1. The fourth-order valence-electron chi connectivity index (χ4n) is 1.16. The summed E-state index contributed by atoms with van der Waals surface area (Å²) in [6, 6.07) is 0. The highest BCUT2D eigenvalue weighted by Crippen LogP contribution is 2.24. The number of aromatic nitrogens is 2. The maximum Gasteiger partial charge on any atom is 0.346 e. The molecule has 0 bridgehead atoms. The number of hydrogen-bond donors (Lipinski definition) is 4. The predicted molar refractivity (Wildman–Crippen MR) is 50.0 cm³/mol. The van der Waals surface area contributed by atoms with Crippen LogP contribution < -0.4 is 5.73 Å². The van der Waals surface area contributed by atoms with Gasteiger partial charge in [0.15, 0.2) is 12.0 Å². The van der Waals surface area contributed by atoms with E-state index >= 15 is 0 Å². The fourth-order valence-corrected chi connectivity index (χ4v) is 1.16. The summed E-state index contributed by atoms with van der Waals surface area (Å²) in [6.07, 6.45) is -2.67. The van der Waals surface area contributed by atoms with Gasteiger partial charge in [0, 0.05) is 0 Å². The predicted octanol–water partition coefficient (Wildman–Crippen LogP) is -1.41. The van der Waals surface area contributed by atoms with Crippen LogP contribution in [0.25, 0.3) is 0 Å². The quantitative estimate of drug-likeness (QED) is 0.359. The lowest BCUT2D eigenvalue weighted by Crippen LogP contribution is -2.26. The topological polar surface area (TPSA) is 155 Å². The Morgan fingerprint density at radius 2 is 2.31 bits per heavy atom. The first kappa shape index (κ1) is 12.1. The maximum atomic E-state index is 10.5. The van der Waals surface area contributed by atoms with Gasteiger partial charge in [-0.2, -0.15) is 0 Å². The number of rotatable bonds is 5. The van der Waals surface area contributed by atoms with Crippen LogP contribution in [-0.4, -0.2) is 37.1 Å². The molecule has 1 rings (SSSR count). The van der Waals surface area contributed by atoms with Gasteiger partial charge in [0.05, 0.1) is 12.5 Å². The normalized spacial score (nSPS) is 14.4. The van der Waals surface area contributed by atoms with Crippen LogP contribution in [0.3, 0.4) is 0 Å². The molecule has 1 heterocycles. The van der Waals surface area contributed by atoms with Crippen molar-refractivity contribution in [2.45, 2.75) is 18.6 Å². The molecular weight excluding hydrogens is 220 g/mol. The highest BCUT2D eigenvalue weighted by molar-refractivity contribution is 5.74. The number of hydrogen-bond acceptors (Lipinski definition) is 6. The number of carbonyl (C=O) groups is 1. The van der Waals surface area contributed by atoms with Crippen LogP contribution in [0.2, 0.25) is 0 Å². The van der Waals surface area contributed by atoms with Crippen LogP contribution in [0.15, 0.2) is 6.33 Å². The van der Waals surface area contributed by atoms with Crippen LogP contribution in [0, 0.1) is 10.1 Å². The monoisotopic (exact) mass is 230 g/mol. The number of aromatic amines is 1. The summed E-state index contributed by atoms with van der Waals surface area (Å²) in [4.78, 5) is 25.9. The summed E-state index contributed by atoms with van der Waals surface area (Å²) >= 11 is 0. The maximum absolute atomic E-state index is 10.5. The summed E-state index contributed by atoms with van der Waals surface area (Å²) in [7, 11) is 0. The lowest BCUT2D eigenvalue weighted by Gasteiger charge is -2.13. The molecule has 9 nitrogen and oxygen atoms in total. The molecule has 2 atom stereocenters. The first-order valence-corrected chi connectivity index (χ1v) is 4.25. The van der Waals surface area contributed by atoms with Gasteiger partial charge in [-0.25, -0.2) is 9.97 Å². The third-order valence-corrected chi connectivity index (χ3v) is 1.89. The molecule has 1 aromatic heterocycles. The highest BCUT2D eigenvalue weighted by Gasteiger charge is 2.29. The Morgan fingerprint density at radius 1 is 1.69 bits per heavy atom. The van der Waals surface area contributed by atoms with Gasteiger partial charge in [-0.05, 0) is 4.92 Å². The van der Waals surface area contributed by atoms with Crippen molar-refractivity contribution >= 4 is 11.7 Å². The molecule has 0 radical (unpaired) electrons. The Morgan fingerprint density at radius 3 is 2.81 bits per heavy atom. The third-order valence-electron chi connectivity index (χ3n) is 1.89. The number of imidazole rings is 1. The van der Waals surface area contributed by atoms with E-state index in [2.05, 4.69) is 9.97 Å². The van der Waals surface area contributed by atoms with E-state index in [0.29, 0.717) is 0 Å². The van der Waals surface area contributed by atoms with Crippen molar-refractivity contribution in [3.63, 3.8) is 0 Å². The minimum absolute atomic E-state index is 0.334. The first-order chi connectivity index (χ1) is 7.43. The van der Waals surface area contributed by atoms with E-state index < -0.39 is 35.3 Å². The molecule has 0 saturated carbocycles. The van der Waals surface area contributed by atoms with Gasteiger partial charge >= 0.3 is 5.82 Å². The average Bonchev–Trinajstić information content (AvgIpc) is 2.63. The second-order valence-electron chi connectivity index (χ2n) is 3.08. The molecule has 88 valence electrons. The Labute approximate surface area is 89.1 Å². The van der Waals surface area contributed by atoms with Gasteiger partial charge in [-0.15, -0.1) is 0 Å². The summed E-state index contributed by atoms with van der Waals surface area (Å²) in [5, 5.41) is 29.3. The third kappa shape index (κ3) is 2.52. The molecule has 0 aromatic carbocycles. The zero-order chi connectivity index (χ0) is 12.3. The van der Waals surface area contributed by atoms with E-state index in [1.54, 1.807) is 0 Å². The van der Waals surface area contributed by atoms with Crippen molar-refractivity contribution in [2.75, 3.05) is 0 Å². The number of nitro groups is 1. The van der Waals surface area contributed by atoms with Crippen LogP contribution in [-0.2, 0) is 4.79 Å². The molecule has 0 spiro atoms. The van der Waals surface area contributed by atoms with Crippen molar-refractivity contribution in [1.82, 2.24) is 9.97 Å². The minimum atomic E-state index is -1.64. The average molecular weight is 230 g/mol. The molecule has 9 heteroatoms. The molecule has 1 aromatic rings. The lowest BCUT2D eigenvalue weighted by molar-refractivity contribution is -0.390. The molecule has 1 amide bonds. The van der Waals surface area contributed by atoms with Crippen molar-refractivity contribution < 1.29 is 19.9 Å². The summed E-state index contributed by atoms with van der Waals surface area (Å²) < 4.78 is 0. The molecule has 16 heavy (non-hydrogen) atoms. The van der Waals surface area contributed by atoms with Gasteiger partial charge in [0.2, 0.25) is 5.91 Å². The van der Waals surface area contributed by atoms with E-state index in [1.165, 1.54) is 0 Å². The standard InChI is InChI=1S/C7H10N4O5/c8-4(13)1-3(12)6(14)5-7(11(15)16)10-2-9-5/h2-3,6,12,14H,1H2,(H2,8,13)(H,9,10). The summed E-state index contributed by atoms with van der Waals surface area (Å²) in [6.45, 7) is 0. The minimum Gasteiger partial charge on any atom is -0.389 e. The second-order valence-corrected chi connectivity index (χ2v) is 3.08. The van der Waals surface area contributed by atoms with Crippen molar-refractivity contribution in [3.05, 3.63) is 22.1 Å². The Balaban J connectivity index is 2.87. The van der Waals surface area contributed by atoms with E-state index in [0.717, 1.165) is 6.33 Å². The van der Waals surface area contributed by atoms with Crippen molar-refractivity contribution in [3.8, 4) is 0 Å². The SMILES string of the molecule is NC(=O)CC(O)C(O)c1nc[nH]c1[N+](=O)[O-]. The largest absolute Gasteiger partial charge is 0.389 e. The van der Waals surface area contributed by atoms with Gasteiger partial charge in [-0.1, -0.05) is 0 Å². The van der Waals surface area contributed by atoms with Crippen molar-refractivity contribution in [1.29, 1.82) is 0 Å². The van der Waals surface area contributed by atoms with E-state index in [-0.39, 0.29) is 5.69 Å². The molecule has 0 fully saturated rings. The number of nitrogens with one attached hydrogen (secondary N) is 1. The number of aliphatic hydroxyl groups is 2. The fraction of sp³-hybridized carbons (Fsp3) is 0.429. The van der Waals surface area contributed by atoms with E-state index in [4.69, 9.17) is 5.73 Å². The Hall–Kier alpha value is -2.00. The van der Waals surface area contributed by atoms with Gasteiger partial charge in [0.25, 0.3) is 0 Å². The molecule has 5 N–H and O–H groups in total. The Kier molecular flexibility index (Phi) is 3.53. The van der Waals surface area contributed by atoms with Gasteiger partial charge in [-0.3, -0.25) is 4.79 Å². The molecule has 2 unspecified atom stereocenters. The first-order valence-electron chi connectivity index (χ1n) is 4.25. The highest BCUT2D eigenvalue weighted by atomic mass is 16.6. The molecule has 0 saturated heterocycles. The van der Waals surface area contributed by atoms with Crippen LogP contribution >= 0.6 is 0 Å². The molecular formula is C7H10N4O5. The zero-order valence-electron chi connectivity index (χ0n) is 8.03. The number of aliphatic hydroxyl groups excluding tert-OH is 2. The van der Waals surface area contributed by atoms with Crippen LogP contribution in [0.5, 0.6) is 0 Å². The Bertz CT molecular complexity index is 403. The number of nitrogens with zero attached hydrogens (tertiary/aromatic N) is 2. The molecule has 0 aliphatic rings. The lowest BCUT2D eigenvalue weighted by atomic mass is 10.1. The number of carbonyl (C=O) groups excluding carboxylic acids is 1.